The number of ketones is 1. The lowest BCUT2D eigenvalue weighted by Gasteiger charge is -2.43. The zero-order chi connectivity index (χ0) is 21.5. The van der Waals surface area contributed by atoms with E-state index in [1.165, 1.54) is 12.1 Å². The number of non-ortho nitro benzene ring substituents is 1. The molecule has 1 aromatic carbocycles. The van der Waals surface area contributed by atoms with Crippen molar-refractivity contribution in [2.75, 3.05) is 20.1 Å². The Kier molecular flexibility index (Phi) is 5.44. The van der Waals surface area contributed by atoms with Crippen LogP contribution in [-0.2, 0) is 9.59 Å². The van der Waals surface area contributed by atoms with Crippen LogP contribution in [0.5, 0.6) is 0 Å². The largest absolute Gasteiger partial charge is 0.304 e. The van der Waals surface area contributed by atoms with Crippen LogP contribution in [0.3, 0.4) is 0 Å². The van der Waals surface area contributed by atoms with Gasteiger partial charge in [0.25, 0.3) is 5.69 Å². The third kappa shape index (κ3) is 3.88. The summed E-state index contributed by atoms with van der Waals surface area (Å²) < 4.78 is 0. The van der Waals surface area contributed by atoms with Crippen molar-refractivity contribution < 1.29 is 19.7 Å². The first-order chi connectivity index (χ1) is 14.3. The average molecular weight is 414 g/mol. The van der Waals surface area contributed by atoms with Crippen LogP contribution in [0.4, 0.5) is 5.69 Å². The lowest BCUT2D eigenvalue weighted by Crippen LogP contribution is -2.59. The first kappa shape index (κ1) is 20.6. The molecule has 2 heterocycles. The highest BCUT2D eigenvalue weighted by molar-refractivity contribution is 5.96. The minimum atomic E-state index is -0.600. The molecule has 2 fully saturated rings. The lowest BCUT2D eigenvalue weighted by molar-refractivity contribution is -0.384. The summed E-state index contributed by atoms with van der Waals surface area (Å²) in [7, 11) is 1.87. The van der Waals surface area contributed by atoms with Crippen molar-refractivity contribution in [3.8, 4) is 0 Å². The van der Waals surface area contributed by atoms with E-state index >= 15 is 0 Å². The van der Waals surface area contributed by atoms with Gasteiger partial charge >= 0.3 is 0 Å². The summed E-state index contributed by atoms with van der Waals surface area (Å²) in [6.07, 6.45) is 5.12. The second-order valence-electron chi connectivity index (χ2n) is 8.75. The van der Waals surface area contributed by atoms with E-state index < -0.39 is 28.8 Å². The molecule has 3 unspecified atom stereocenters. The average Bonchev–Trinajstić information content (AvgIpc) is 3.50. The first-order valence-corrected chi connectivity index (χ1v) is 10.2. The number of hydrogen-bond donors (Lipinski definition) is 3. The van der Waals surface area contributed by atoms with Crippen molar-refractivity contribution in [2.45, 2.75) is 37.8 Å². The van der Waals surface area contributed by atoms with Gasteiger partial charge in [-0.1, -0.05) is 6.08 Å². The minimum Gasteiger partial charge on any atom is -0.304 e. The van der Waals surface area contributed by atoms with Gasteiger partial charge in [0.15, 0.2) is 5.78 Å². The maximum atomic E-state index is 13.5. The summed E-state index contributed by atoms with van der Waals surface area (Å²) in [5, 5.41) is 23.3. The second-order valence-corrected chi connectivity index (χ2v) is 8.75. The molecule has 9 heteroatoms. The Morgan fingerprint density at radius 1 is 1.30 bits per heavy atom. The molecule has 0 aromatic heterocycles. The van der Waals surface area contributed by atoms with Gasteiger partial charge in [-0.2, -0.15) is 0 Å². The van der Waals surface area contributed by atoms with E-state index in [1.54, 1.807) is 17.6 Å². The van der Waals surface area contributed by atoms with Gasteiger partial charge in [0.2, 0.25) is 5.91 Å². The smallest absolute Gasteiger partial charge is 0.269 e. The number of rotatable bonds is 5. The molecule has 3 N–H and O–H groups in total. The number of amides is 1. The number of piperidine rings is 1. The highest BCUT2D eigenvalue weighted by Gasteiger charge is 2.55. The van der Waals surface area contributed by atoms with Crippen LogP contribution in [0.25, 0.3) is 5.57 Å². The number of likely N-dealkylation sites (tertiary alicyclic amines) is 1. The molecular weight excluding hydrogens is 388 g/mol. The highest BCUT2D eigenvalue weighted by atomic mass is 16.6. The topological polar surface area (TPSA) is 125 Å². The number of nitro groups is 1. The molecule has 1 spiro atoms. The van der Waals surface area contributed by atoms with Crippen molar-refractivity contribution in [3.63, 3.8) is 0 Å². The van der Waals surface area contributed by atoms with Gasteiger partial charge in [0, 0.05) is 25.2 Å². The van der Waals surface area contributed by atoms with Crippen molar-refractivity contribution >= 4 is 23.0 Å². The number of Topliss-reactive ketones (excluding diaryl/α,β-unsaturated/α-hetero) is 1. The van der Waals surface area contributed by atoms with Crippen molar-refractivity contribution in [3.05, 3.63) is 46.0 Å². The van der Waals surface area contributed by atoms with Crippen LogP contribution >= 0.6 is 0 Å². The standard InChI is InChI=1S/C21H26N4O5/c1-24-12-21(7-8-21)11-16(20(27)23-28)18(24)19(26)17-10-14(6-9-22-17)13-2-4-15(5-3-13)25(29)30/h2-6,16-18,22,28H,7-12H2,1H3,(H,23,27). The number of carbonyl (C=O) groups excluding carboxylic acids is 2. The molecule has 9 nitrogen and oxygen atoms in total. The van der Waals surface area contributed by atoms with E-state index in [-0.39, 0.29) is 16.9 Å². The Bertz CT molecular complexity index is 893. The van der Waals surface area contributed by atoms with Gasteiger partial charge in [-0.3, -0.25) is 29.8 Å². The molecule has 30 heavy (non-hydrogen) atoms. The number of nitrogens with one attached hydrogen (secondary N) is 2. The quantitative estimate of drug-likeness (QED) is 0.379. The SMILES string of the molecule is CN1CC2(CC2)CC(C(=O)NO)C1C(=O)C1CC(c2ccc([N+](=O)[O-])cc2)=CCN1. The number of hydrogen-bond acceptors (Lipinski definition) is 7. The molecule has 0 bridgehead atoms. The first-order valence-electron chi connectivity index (χ1n) is 10.2. The maximum Gasteiger partial charge on any atom is 0.269 e. The van der Waals surface area contributed by atoms with E-state index in [1.807, 2.05) is 18.0 Å². The summed E-state index contributed by atoms with van der Waals surface area (Å²) in [5.74, 6) is -1.15. The summed E-state index contributed by atoms with van der Waals surface area (Å²) in [4.78, 5) is 38.2. The fraction of sp³-hybridized carbons (Fsp3) is 0.524. The van der Waals surface area contributed by atoms with Gasteiger partial charge < -0.3 is 5.32 Å². The van der Waals surface area contributed by atoms with Gasteiger partial charge in [-0.05, 0) is 61.4 Å². The van der Waals surface area contributed by atoms with Gasteiger partial charge in [0.1, 0.15) is 0 Å². The second kappa shape index (κ2) is 7.90. The molecule has 1 aromatic rings. The normalized spacial score (nSPS) is 27.9. The van der Waals surface area contributed by atoms with E-state index in [4.69, 9.17) is 0 Å². The Balaban J connectivity index is 1.51. The Hall–Kier alpha value is -2.62. The highest BCUT2D eigenvalue weighted by Crippen LogP contribution is 2.54. The molecule has 2 aliphatic heterocycles. The van der Waals surface area contributed by atoms with E-state index in [0.717, 1.165) is 30.5 Å². The van der Waals surface area contributed by atoms with Crippen LogP contribution in [0.15, 0.2) is 30.3 Å². The number of benzene rings is 1. The van der Waals surface area contributed by atoms with Crippen molar-refractivity contribution in [2.24, 2.45) is 11.3 Å². The number of nitrogens with zero attached hydrogens (tertiary/aromatic N) is 2. The van der Waals surface area contributed by atoms with Crippen LogP contribution < -0.4 is 10.8 Å². The van der Waals surface area contributed by atoms with Crippen molar-refractivity contribution in [1.82, 2.24) is 15.7 Å². The molecule has 1 saturated carbocycles. The molecule has 160 valence electrons. The zero-order valence-corrected chi connectivity index (χ0v) is 16.8. The summed E-state index contributed by atoms with van der Waals surface area (Å²) in [6, 6.07) is 5.25. The monoisotopic (exact) mass is 414 g/mol. The minimum absolute atomic E-state index is 0.0246. The molecular formula is C21H26N4O5. The van der Waals surface area contributed by atoms with Gasteiger partial charge in [-0.15, -0.1) is 0 Å². The Morgan fingerprint density at radius 3 is 2.60 bits per heavy atom. The number of nitro benzene ring substituents is 1. The lowest BCUT2D eigenvalue weighted by atomic mass is 9.77. The van der Waals surface area contributed by atoms with E-state index in [9.17, 15) is 24.9 Å². The maximum absolute atomic E-state index is 13.5. The van der Waals surface area contributed by atoms with Crippen molar-refractivity contribution in [1.29, 1.82) is 0 Å². The third-order valence-electron chi connectivity index (χ3n) is 6.72. The summed E-state index contributed by atoms with van der Waals surface area (Å²) >= 11 is 0. The predicted octanol–water partition coefficient (Wildman–Crippen LogP) is 1.52. The van der Waals surface area contributed by atoms with Crippen LogP contribution in [0.1, 0.15) is 31.2 Å². The van der Waals surface area contributed by atoms with Crippen LogP contribution in [0.2, 0.25) is 0 Å². The van der Waals surface area contributed by atoms with Gasteiger partial charge in [0.05, 0.1) is 22.9 Å². The molecule has 1 saturated heterocycles. The Labute approximate surface area is 174 Å². The van der Waals surface area contributed by atoms with Crippen LogP contribution in [0, 0.1) is 21.4 Å². The fourth-order valence-corrected chi connectivity index (χ4v) is 4.99. The Morgan fingerprint density at radius 2 is 2.00 bits per heavy atom. The van der Waals surface area contributed by atoms with Crippen LogP contribution in [-0.4, -0.2) is 58.9 Å². The zero-order valence-electron chi connectivity index (χ0n) is 16.8. The van der Waals surface area contributed by atoms with E-state index in [0.29, 0.717) is 19.4 Å². The summed E-state index contributed by atoms with van der Waals surface area (Å²) in [5.41, 5.74) is 3.66. The predicted molar refractivity (Wildman–Crippen MR) is 109 cm³/mol. The third-order valence-corrected chi connectivity index (χ3v) is 6.72. The molecule has 3 atom stereocenters. The molecule has 3 aliphatic rings. The summed E-state index contributed by atoms with van der Waals surface area (Å²) in [6.45, 7) is 1.27. The van der Waals surface area contributed by atoms with Gasteiger partial charge in [-0.25, -0.2) is 5.48 Å². The molecule has 4 rings (SSSR count). The molecule has 1 amide bonds. The fourth-order valence-electron chi connectivity index (χ4n) is 4.99. The molecule has 0 radical (unpaired) electrons. The number of likely N-dealkylation sites (N-methyl/N-ethyl adjacent to an activating group) is 1. The van der Waals surface area contributed by atoms with E-state index in [2.05, 4.69) is 5.32 Å². The number of hydroxylamine groups is 1. The number of carbonyl (C=O) groups is 2. The molecule has 1 aliphatic carbocycles.